The second kappa shape index (κ2) is 13.8. The van der Waals surface area contributed by atoms with Crippen molar-refractivity contribution in [1.82, 2.24) is 0 Å². The van der Waals surface area contributed by atoms with E-state index >= 15 is 0 Å². The normalized spacial score (nSPS) is 9.90. The molecule has 7 heteroatoms. The van der Waals surface area contributed by atoms with E-state index in [0.29, 0.717) is 0 Å². The molecule has 0 saturated carbocycles. The first-order valence-corrected chi connectivity index (χ1v) is 11.9. The third kappa shape index (κ3) is 6.94. The van der Waals surface area contributed by atoms with Crippen molar-refractivity contribution in [1.29, 1.82) is 0 Å². The summed E-state index contributed by atoms with van der Waals surface area (Å²) in [6.07, 6.45) is 0. The van der Waals surface area contributed by atoms with E-state index in [1.807, 2.05) is 72.8 Å². The van der Waals surface area contributed by atoms with Crippen LogP contribution in [0.5, 0.6) is 0 Å². The molecule has 0 N–H and O–H groups in total. The number of hydrogen-bond donors (Lipinski definition) is 0. The van der Waals surface area contributed by atoms with E-state index in [-0.39, 0.29) is 35.2 Å². The van der Waals surface area contributed by atoms with Gasteiger partial charge in [0.1, 0.15) is 0 Å². The maximum absolute atomic E-state index is 10.7. The van der Waals surface area contributed by atoms with E-state index in [9.17, 15) is 29.7 Å². The number of hydrogen-bond acceptors (Lipinski definition) is 6. The predicted octanol–water partition coefficient (Wildman–Crippen LogP) is 3.61. The summed E-state index contributed by atoms with van der Waals surface area (Å²) < 4.78 is 0. The van der Waals surface area contributed by atoms with Crippen LogP contribution in [0.25, 0.3) is 32.3 Å². The van der Waals surface area contributed by atoms with Crippen molar-refractivity contribution in [2.24, 2.45) is 0 Å². The van der Waals surface area contributed by atoms with Gasteiger partial charge in [0.15, 0.2) is 0 Å². The summed E-state index contributed by atoms with van der Waals surface area (Å²) in [5.74, 6) is -3.38. The van der Waals surface area contributed by atoms with Gasteiger partial charge in [0, 0.05) is 35.2 Å². The fraction of sp³-hybridized carbons (Fsp3) is 0. The van der Waals surface area contributed by atoms with Gasteiger partial charge in [-0.2, -0.15) is 0 Å². The molecule has 197 valence electrons. The number of rotatable bonds is 3. The molecule has 0 amide bonds. The Morgan fingerprint density at radius 2 is 0.575 bits per heavy atom. The molecule has 0 spiro atoms. The minimum Gasteiger partial charge on any atom is -0.545 e. The zero-order valence-electron chi connectivity index (χ0n) is 21.0. The predicted molar refractivity (Wildman–Crippen MR) is 145 cm³/mol. The van der Waals surface area contributed by atoms with E-state index < -0.39 is 17.9 Å². The molecule has 40 heavy (non-hydrogen) atoms. The number of carboxylic acid groups (broad SMARTS) is 3. The standard InChI is InChI=1S/3C11H8O2.V/c3*12-11(13)10-7-3-5-8-4-1-2-6-9(8)10;/h3*1-7H,(H,12,13);/p-3. The molecular formula is C33H21O6V-3. The summed E-state index contributed by atoms with van der Waals surface area (Å²) in [6, 6.07) is 37.5. The van der Waals surface area contributed by atoms with Crippen LogP contribution in [-0.2, 0) is 18.6 Å². The van der Waals surface area contributed by atoms with Crippen molar-refractivity contribution in [2.75, 3.05) is 0 Å². The van der Waals surface area contributed by atoms with Gasteiger partial charge in [-0.05, 0) is 32.3 Å². The molecule has 6 rings (SSSR count). The Morgan fingerprint density at radius 1 is 0.350 bits per heavy atom. The van der Waals surface area contributed by atoms with Crippen molar-refractivity contribution < 1.29 is 48.3 Å². The van der Waals surface area contributed by atoms with Gasteiger partial charge < -0.3 is 29.7 Å². The Balaban J connectivity index is 0.000000163. The van der Waals surface area contributed by atoms with Gasteiger partial charge in [0.05, 0.1) is 17.9 Å². The third-order valence-electron chi connectivity index (χ3n) is 6.03. The molecule has 0 aromatic heterocycles. The molecule has 0 aliphatic rings. The Morgan fingerprint density at radius 3 is 0.825 bits per heavy atom. The van der Waals surface area contributed by atoms with Crippen LogP contribution in [0.3, 0.4) is 0 Å². The molecule has 6 aromatic carbocycles. The van der Waals surface area contributed by atoms with Gasteiger partial charge in [0.2, 0.25) is 0 Å². The van der Waals surface area contributed by atoms with Crippen molar-refractivity contribution in [2.45, 2.75) is 0 Å². The summed E-state index contributed by atoms with van der Waals surface area (Å²) in [4.78, 5) is 32.1. The van der Waals surface area contributed by atoms with Crippen LogP contribution in [0.2, 0.25) is 0 Å². The maximum atomic E-state index is 10.7. The molecule has 1 radical (unpaired) electrons. The van der Waals surface area contributed by atoms with Gasteiger partial charge in [-0.25, -0.2) is 0 Å². The molecule has 0 saturated heterocycles. The number of aromatic carboxylic acids is 3. The van der Waals surface area contributed by atoms with Crippen LogP contribution in [-0.4, -0.2) is 17.9 Å². The number of carboxylic acids is 3. The summed E-state index contributed by atoms with van der Waals surface area (Å²) in [6.45, 7) is 0. The molecule has 0 bridgehead atoms. The Kier molecular flexibility index (Phi) is 10.2. The largest absolute Gasteiger partial charge is 0.545 e. The second-order valence-electron chi connectivity index (χ2n) is 8.44. The number of carbonyl (C=O) groups is 3. The summed E-state index contributed by atoms with van der Waals surface area (Å²) in [5.41, 5.74) is 0.745. The molecule has 0 heterocycles. The van der Waals surface area contributed by atoms with Gasteiger partial charge in [-0.3, -0.25) is 0 Å². The Labute approximate surface area is 242 Å². The van der Waals surface area contributed by atoms with Crippen LogP contribution in [0, 0.1) is 0 Å². The minimum absolute atomic E-state index is 0. The summed E-state index contributed by atoms with van der Waals surface area (Å²) in [7, 11) is 0. The fourth-order valence-corrected chi connectivity index (χ4v) is 4.21. The molecule has 6 aromatic rings. The molecule has 0 unspecified atom stereocenters. The zero-order chi connectivity index (χ0) is 27.8. The Hall–Kier alpha value is -4.91. The zero-order valence-corrected chi connectivity index (χ0v) is 22.4. The molecule has 0 fully saturated rings. The molecule has 0 atom stereocenters. The van der Waals surface area contributed by atoms with Gasteiger partial charge in [0.25, 0.3) is 0 Å². The summed E-state index contributed by atoms with van der Waals surface area (Å²) >= 11 is 0. The van der Waals surface area contributed by atoms with Crippen molar-refractivity contribution in [3.05, 3.63) is 144 Å². The van der Waals surface area contributed by atoms with Crippen molar-refractivity contribution in [3.63, 3.8) is 0 Å². The van der Waals surface area contributed by atoms with Gasteiger partial charge >= 0.3 is 0 Å². The van der Waals surface area contributed by atoms with E-state index in [1.54, 1.807) is 54.6 Å². The first-order valence-electron chi connectivity index (χ1n) is 11.9. The summed E-state index contributed by atoms with van der Waals surface area (Å²) in [5, 5.41) is 37.1. The van der Waals surface area contributed by atoms with Crippen LogP contribution in [0.4, 0.5) is 0 Å². The molecule has 6 nitrogen and oxygen atoms in total. The van der Waals surface area contributed by atoms with Gasteiger partial charge in [-0.1, -0.05) is 127 Å². The topological polar surface area (TPSA) is 120 Å². The first-order chi connectivity index (χ1) is 18.9. The molecule has 0 aliphatic carbocycles. The average Bonchev–Trinajstić information content (AvgIpc) is 2.96. The van der Waals surface area contributed by atoms with E-state index in [1.165, 1.54) is 0 Å². The monoisotopic (exact) mass is 564 g/mol. The van der Waals surface area contributed by atoms with Gasteiger partial charge in [-0.15, -0.1) is 0 Å². The smallest absolute Gasteiger partial charge is 0.0721 e. The first kappa shape index (κ1) is 29.6. The van der Waals surface area contributed by atoms with Crippen molar-refractivity contribution in [3.8, 4) is 0 Å². The number of fused-ring (bicyclic) bond motifs is 3. The minimum atomic E-state index is -1.13. The average molecular weight is 564 g/mol. The SMILES string of the molecule is O=C([O-])c1cccc2ccccc12.O=C([O-])c1cccc2ccccc12.O=C([O-])c1cccc2ccccc12.[V]. The van der Waals surface area contributed by atoms with Crippen LogP contribution < -0.4 is 15.3 Å². The maximum Gasteiger partial charge on any atom is 0.0721 e. The number of carbonyl (C=O) groups excluding carboxylic acids is 3. The van der Waals surface area contributed by atoms with E-state index in [4.69, 9.17) is 0 Å². The van der Waals surface area contributed by atoms with Crippen LogP contribution in [0.15, 0.2) is 127 Å². The molecule has 0 aliphatic heterocycles. The number of benzene rings is 6. The van der Waals surface area contributed by atoms with E-state index in [0.717, 1.165) is 32.3 Å². The van der Waals surface area contributed by atoms with Crippen LogP contribution in [0.1, 0.15) is 31.1 Å². The Bertz CT molecular complexity index is 1580. The molecular weight excluding hydrogens is 543 g/mol. The second-order valence-corrected chi connectivity index (χ2v) is 8.44. The van der Waals surface area contributed by atoms with Crippen LogP contribution >= 0.6 is 0 Å². The quantitative estimate of drug-likeness (QED) is 0.324. The third-order valence-corrected chi connectivity index (χ3v) is 6.03. The fourth-order valence-electron chi connectivity index (χ4n) is 4.21. The van der Waals surface area contributed by atoms with Crippen molar-refractivity contribution >= 4 is 50.2 Å². The van der Waals surface area contributed by atoms with E-state index in [2.05, 4.69) is 0 Å².